The second-order valence-corrected chi connectivity index (χ2v) is 3.02. The Morgan fingerprint density at radius 2 is 2.08 bits per heavy atom. The maximum Gasteiger partial charge on any atom is 0.181 e. The minimum atomic E-state index is 0.0463. The van der Waals surface area contributed by atoms with Gasteiger partial charge in [0, 0.05) is 0 Å². The Morgan fingerprint density at radius 1 is 1.46 bits per heavy atom. The molecular formula is C10H15NO2. The molecule has 3 nitrogen and oxygen atoms in total. The van der Waals surface area contributed by atoms with Crippen LogP contribution in [0.1, 0.15) is 18.1 Å². The second kappa shape index (κ2) is 3.56. The van der Waals surface area contributed by atoms with Crippen molar-refractivity contribution in [2.45, 2.75) is 20.8 Å². The monoisotopic (exact) mass is 181 g/mol. The lowest BCUT2D eigenvalue weighted by Crippen LogP contribution is -1.98. The van der Waals surface area contributed by atoms with Crippen LogP contribution in [0, 0.1) is 13.8 Å². The topological polar surface area (TPSA) is 55.5 Å². The van der Waals surface area contributed by atoms with Crippen molar-refractivity contribution in [3.05, 3.63) is 17.2 Å². The SMILES string of the molecule is CCOc1c(C)c(C)cc(N)c1O. The third-order valence-corrected chi connectivity index (χ3v) is 2.08. The molecule has 13 heavy (non-hydrogen) atoms. The number of aromatic hydroxyl groups is 1. The van der Waals surface area contributed by atoms with Crippen molar-refractivity contribution < 1.29 is 9.84 Å². The predicted octanol–water partition coefficient (Wildman–Crippen LogP) is 1.99. The summed E-state index contributed by atoms with van der Waals surface area (Å²) in [6.07, 6.45) is 0. The Balaban J connectivity index is 3.28. The molecule has 0 heterocycles. The quantitative estimate of drug-likeness (QED) is 0.542. The second-order valence-electron chi connectivity index (χ2n) is 3.02. The maximum absolute atomic E-state index is 9.58. The molecule has 0 saturated carbocycles. The molecule has 0 aromatic heterocycles. The number of hydrogen-bond donors (Lipinski definition) is 2. The van der Waals surface area contributed by atoms with E-state index < -0.39 is 0 Å². The zero-order valence-corrected chi connectivity index (χ0v) is 8.22. The molecule has 0 bridgehead atoms. The fraction of sp³-hybridized carbons (Fsp3) is 0.400. The summed E-state index contributed by atoms with van der Waals surface area (Å²) in [7, 11) is 0. The first-order chi connectivity index (χ1) is 6.07. The standard InChI is InChI=1S/C10H15NO2/c1-4-13-10-7(3)6(2)5-8(11)9(10)12/h5,12H,4,11H2,1-3H3. The van der Waals surface area contributed by atoms with Crippen molar-refractivity contribution in [2.24, 2.45) is 0 Å². The number of nitrogens with two attached hydrogens (primary N) is 1. The lowest BCUT2D eigenvalue weighted by atomic mass is 10.1. The minimum absolute atomic E-state index is 0.0463. The van der Waals surface area contributed by atoms with Gasteiger partial charge in [-0.3, -0.25) is 0 Å². The maximum atomic E-state index is 9.58. The first-order valence-corrected chi connectivity index (χ1v) is 4.29. The molecule has 0 unspecified atom stereocenters. The van der Waals surface area contributed by atoms with Crippen molar-refractivity contribution >= 4 is 5.69 Å². The molecule has 1 rings (SSSR count). The summed E-state index contributed by atoms with van der Waals surface area (Å²) in [6, 6.07) is 1.74. The van der Waals surface area contributed by atoms with Crippen LogP contribution < -0.4 is 10.5 Å². The summed E-state index contributed by atoms with van der Waals surface area (Å²) in [6.45, 7) is 6.24. The van der Waals surface area contributed by atoms with E-state index in [9.17, 15) is 5.11 Å². The fourth-order valence-corrected chi connectivity index (χ4v) is 1.22. The van der Waals surface area contributed by atoms with E-state index >= 15 is 0 Å². The number of phenols is 1. The minimum Gasteiger partial charge on any atom is -0.503 e. The molecule has 0 aliphatic heterocycles. The molecule has 0 aliphatic carbocycles. The number of rotatable bonds is 2. The van der Waals surface area contributed by atoms with Crippen molar-refractivity contribution in [3.8, 4) is 11.5 Å². The van der Waals surface area contributed by atoms with E-state index in [2.05, 4.69) is 0 Å². The average molecular weight is 181 g/mol. The van der Waals surface area contributed by atoms with Crippen LogP contribution >= 0.6 is 0 Å². The molecule has 3 heteroatoms. The van der Waals surface area contributed by atoms with E-state index in [0.29, 0.717) is 18.0 Å². The van der Waals surface area contributed by atoms with Crippen molar-refractivity contribution in [1.29, 1.82) is 0 Å². The summed E-state index contributed by atoms with van der Waals surface area (Å²) in [5, 5.41) is 9.58. The van der Waals surface area contributed by atoms with Crippen LogP contribution in [0.15, 0.2) is 6.07 Å². The van der Waals surface area contributed by atoms with Gasteiger partial charge < -0.3 is 15.6 Å². The lowest BCUT2D eigenvalue weighted by Gasteiger charge is -2.13. The smallest absolute Gasteiger partial charge is 0.181 e. The van der Waals surface area contributed by atoms with E-state index in [1.807, 2.05) is 20.8 Å². The third kappa shape index (κ3) is 1.69. The van der Waals surface area contributed by atoms with Crippen LogP contribution in [0.5, 0.6) is 11.5 Å². The molecular weight excluding hydrogens is 166 g/mol. The Labute approximate surface area is 78.1 Å². The Bertz CT molecular complexity index is 295. The predicted molar refractivity (Wildman–Crippen MR) is 53.2 cm³/mol. The number of hydrogen-bond acceptors (Lipinski definition) is 3. The molecule has 3 N–H and O–H groups in total. The van der Waals surface area contributed by atoms with Gasteiger partial charge >= 0.3 is 0 Å². The normalized spacial score (nSPS) is 10.1. The molecule has 0 spiro atoms. The van der Waals surface area contributed by atoms with Gasteiger partial charge in [0.15, 0.2) is 11.5 Å². The highest BCUT2D eigenvalue weighted by molar-refractivity contribution is 5.64. The molecule has 1 aromatic carbocycles. The van der Waals surface area contributed by atoms with Gasteiger partial charge in [0.2, 0.25) is 0 Å². The first-order valence-electron chi connectivity index (χ1n) is 4.29. The van der Waals surface area contributed by atoms with E-state index in [-0.39, 0.29) is 5.75 Å². The van der Waals surface area contributed by atoms with Gasteiger partial charge in [-0.05, 0) is 38.0 Å². The van der Waals surface area contributed by atoms with Gasteiger partial charge in [-0.2, -0.15) is 0 Å². The van der Waals surface area contributed by atoms with Crippen LogP contribution in [0.2, 0.25) is 0 Å². The van der Waals surface area contributed by atoms with Crippen LogP contribution in [-0.4, -0.2) is 11.7 Å². The largest absolute Gasteiger partial charge is 0.503 e. The van der Waals surface area contributed by atoms with E-state index in [0.717, 1.165) is 11.1 Å². The summed E-state index contributed by atoms with van der Waals surface area (Å²) >= 11 is 0. The molecule has 0 fully saturated rings. The average Bonchev–Trinajstić information content (AvgIpc) is 2.09. The van der Waals surface area contributed by atoms with Crippen LogP contribution in [0.25, 0.3) is 0 Å². The Hall–Kier alpha value is -1.38. The highest BCUT2D eigenvalue weighted by Gasteiger charge is 2.11. The number of ether oxygens (including phenoxy) is 1. The molecule has 1 aromatic rings. The number of phenolic OH excluding ortho intramolecular Hbond substituents is 1. The van der Waals surface area contributed by atoms with E-state index in [1.165, 1.54) is 0 Å². The zero-order chi connectivity index (χ0) is 10.0. The summed E-state index contributed by atoms with van der Waals surface area (Å²) in [5.41, 5.74) is 7.92. The number of benzene rings is 1. The number of aryl methyl sites for hydroxylation is 1. The summed E-state index contributed by atoms with van der Waals surface area (Å²) in [4.78, 5) is 0. The summed E-state index contributed by atoms with van der Waals surface area (Å²) in [5.74, 6) is 0.546. The molecule has 0 atom stereocenters. The van der Waals surface area contributed by atoms with Gasteiger partial charge in [0.25, 0.3) is 0 Å². The summed E-state index contributed by atoms with van der Waals surface area (Å²) < 4.78 is 5.30. The Morgan fingerprint density at radius 3 is 2.62 bits per heavy atom. The fourth-order valence-electron chi connectivity index (χ4n) is 1.22. The van der Waals surface area contributed by atoms with Gasteiger partial charge in [-0.1, -0.05) is 0 Å². The highest BCUT2D eigenvalue weighted by Crippen LogP contribution is 2.37. The van der Waals surface area contributed by atoms with Crippen LogP contribution in [0.4, 0.5) is 5.69 Å². The van der Waals surface area contributed by atoms with E-state index in [4.69, 9.17) is 10.5 Å². The molecule has 0 aliphatic rings. The van der Waals surface area contributed by atoms with Crippen LogP contribution in [0.3, 0.4) is 0 Å². The number of nitrogen functional groups attached to an aromatic ring is 1. The van der Waals surface area contributed by atoms with Crippen molar-refractivity contribution in [2.75, 3.05) is 12.3 Å². The van der Waals surface area contributed by atoms with Gasteiger partial charge in [-0.25, -0.2) is 0 Å². The molecule has 0 saturated heterocycles. The van der Waals surface area contributed by atoms with E-state index in [1.54, 1.807) is 6.07 Å². The molecule has 0 amide bonds. The highest BCUT2D eigenvalue weighted by atomic mass is 16.5. The lowest BCUT2D eigenvalue weighted by molar-refractivity contribution is 0.316. The molecule has 0 radical (unpaired) electrons. The van der Waals surface area contributed by atoms with Crippen molar-refractivity contribution in [1.82, 2.24) is 0 Å². The van der Waals surface area contributed by atoms with Crippen LogP contribution in [-0.2, 0) is 0 Å². The number of anilines is 1. The van der Waals surface area contributed by atoms with Gasteiger partial charge in [0.1, 0.15) is 0 Å². The van der Waals surface area contributed by atoms with Gasteiger partial charge in [-0.15, -0.1) is 0 Å². The van der Waals surface area contributed by atoms with Crippen molar-refractivity contribution in [3.63, 3.8) is 0 Å². The zero-order valence-electron chi connectivity index (χ0n) is 8.22. The Kier molecular flexibility index (Phi) is 2.66. The third-order valence-electron chi connectivity index (χ3n) is 2.08. The first kappa shape index (κ1) is 9.71. The van der Waals surface area contributed by atoms with Gasteiger partial charge in [0.05, 0.1) is 12.3 Å². The molecule has 72 valence electrons.